The molecule has 0 aliphatic heterocycles. The Hall–Kier alpha value is -2.60. The number of hydrogen-bond donors (Lipinski definition) is 0. The maximum atomic E-state index is 13.0. The molecule has 0 atom stereocenters. The Labute approximate surface area is 134 Å². The maximum absolute atomic E-state index is 13.0. The molecule has 1 aromatic heterocycles. The summed E-state index contributed by atoms with van der Waals surface area (Å²) in [5.41, 5.74) is 1.72. The van der Waals surface area contributed by atoms with E-state index in [1.54, 1.807) is 42.5 Å². The fourth-order valence-corrected chi connectivity index (χ4v) is 4.16. The molecular formula is C17H15NO4S. The van der Waals surface area contributed by atoms with Gasteiger partial charge < -0.3 is 4.74 Å². The molecule has 6 heteroatoms. The van der Waals surface area contributed by atoms with Gasteiger partial charge in [-0.1, -0.05) is 18.2 Å². The summed E-state index contributed by atoms with van der Waals surface area (Å²) in [4.78, 5) is 11.2. The number of aryl methyl sites for hydroxylation is 1. The molecule has 118 valence electrons. The van der Waals surface area contributed by atoms with Gasteiger partial charge in [0.15, 0.2) is 6.29 Å². The van der Waals surface area contributed by atoms with Gasteiger partial charge in [0.2, 0.25) is 0 Å². The Morgan fingerprint density at radius 2 is 1.91 bits per heavy atom. The number of benzene rings is 2. The highest BCUT2D eigenvalue weighted by molar-refractivity contribution is 7.90. The average Bonchev–Trinajstić information content (AvgIpc) is 2.99. The van der Waals surface area contributed by atoms with Crippen LogP contribution in [0.15, 0.2) is 53.6 Å². The van der Waals surface area contributed by atoms with Gasteiger partial charge in [0.05, 0.1) is 12.6 Å². The second-order valence-electron chi connectivity index (χ2n) is 5.17. The molecule has 1 heterocycles. The fraction of sp³-hybridized carbons (Fsp3) is 0.118. The van der Waals surface area contributed by atoms with Crippen molar-refractivity contribution in [1.82, 2.24) is 3.97 Å². The number of rotatable bonds is 4. The normalized spacial score (nSPS) is 11.6. The molecule has 23 heavy (non-hydrogen) atoms. The second kappa shape index (κ2) is 5.55. The lowest BCUT2D eigenvalue weighted by atomic mass is 10.1. The van der Waals surface area contributed by atoms with Gasteiger partial charge in [-0.15, -0.1) is 0 Å². The summed E-state index contributed by atoms with van der Waals surface area (Å²) in [6.07, 6.45) is 2.17. The van der Waals surface area contributed by atoms with Gasteiger partial charge in [-0.05, 0) is 36.8 Å². The SMILES string of the molecule is COc1ccc(C)cc1S(=O)(=O)n1ccc2c(C=O)cccc21. The van der Waals surface area contributed by atoms with Crippen molar-refractivity contribution in [3.8, 4) is 5.75 Å². The molecule has 0 bridgehead atoms. The summed E-state index contributed by atoms with van der Waals surface area (Å²) < 4.78 is 32.4. The zero-order valence-corrected chi connectivity index (χ0v) is 13.5. The van der Waals surface area contributed by atoms with Gasteiger partial charge in [0.25, 0.3) is 10.0 Å². The second-order valence-corrected chi connectivity index (χ2v) is 6.95. The monoisotopic (exact) mass is 329 g/mol. The number of fused-ring (bicyclic) bond motifs is 1. The summed E-state index contributed by atoms with van der Waals surface area (Å²) in [5.74, 6) is 0.281. The standard InChI is InChI=1S/C17H15NO4S/c1-12-6-7-16(22-2)17(10-12)23(20,21)18-9-8-14-13(11-19)4-3-5-15(14)18/h3-11H,1-2H3. The van der Waals surface area contributed by atoms with E-state index in [1.807, 2.05) is 6.92 Å². The van der Waals surface area contributed by atoms with Crippen LogP contribution in [0.3, 0.4) is 0 Å². The summed E-state index contributed by atoms with van der Waals surface area (Å²) in [5, 5.41) is 0.595. The first kappa shape index (κ1) is 15.3. The predicted molar refractivity (Wildman–Crippen MR) is 87.6 cm³/mol. The highest BCUT2D eigenvalue weighted by Crippen LogP contribution is 2.30. The number of nitrogens with zero attached hydrogens (tertiary/aromatic N) is 1. The molecule has 5 nitrogen and oxygen atoms in total. The van der Waals surface area contributed by atoms with E-state index in [9.17, 15) is 13.2 Å². The lowest BCUT2D eigenvalue weighted by molar-refractivity contribution is 0.112. The predicted octanol–water partition coefficient (Wildman–Crippen LogP) is 3.01. The average molecular weight is 329 g/mol. The zero-order valence-electron chi connectivity index (χ0n) is 12.7. The third-order valence-electron chi connectivity index (χ3n) is 3.71. The van der Waals surface area contributed by atoms with Crippen LogP contribution in [0.2, 0.25) is 0 Å². The molecule has 0 spiro atoms. The van der Waals surface area contributed by atoms with Gasteiger partial charge in [-0.3, -0.25) is 4.79 Å². The van der Waals surface area contributed by atoms with Gasteiger partial charge in [0.1, 0.15) is 10.6 Å². The highest BCUT2D eigenvalue weighted by atomic mass is 32.2. The Morgan fingerprint density at radius 3 is 2.61 bits per heavy atom. The molecule has 0 aliphatic carbocycles. The van der Waals surface area contributed by atoms with Crippen LogP contribution in [-0.4, -0.2) is 25.8 Å². The molecule has 0 N–H and O–H groups in total. The van der Waals surface area contributed by atoms with Crippen molar-refractivity contribution in [1.29, 1.82) is 0 Å². The molecule has 0 aliphatic rings. The fourth-order valence-electron chi connectivity index (χ4n) is 2.57. The Balaban J connectivity index is 2.30. The van der Waals surface area contributed by atoms with Crippen LogP contribution in [0.5, 0.6) is 5.75 Å². The first-order chi connectivity index (χ1) is 11.0. The molecule has 0 radical (unpaired) electrons. The minimum absolute atomic E-state index is 0.0917. The van der Waals surface area contributed by atoms with Gasteiger partial charge in [-0.2, -0.15) is 0 Å². The Morgan fingerprint density at radius 1 is 1.13 bits per heavy atom. The van der Waals surface area contributed by atoms with Crippen LogP contribution < -0.4 is 4.74 Å². The van der Waals surface area contributed by atoms with Crippen molar-refractivity contribution in [2.24, 2.45) is 0 Å². The van der Waals surface area contributed by atoms with Crippen molar-refractivity contribution in [2.45, 2.75) is 11.8 Å². The number of carbonyl (C=O) groups excluding carboxylic acids is 1. The highest BCUT2D eigenvalue weighted by Gasteiger charge is 2.23. The van der Waals surface area contributed by atoms with Crippen molar-refractivity contribution in [2.75, 3.05) is 7.11 Å². The number of aromatic nitrogens is 1. The van der Waals surface area contributed by atoms with E-state index in [0.29, 0.717) is 22.8 Å². The number of hydrogen-bond acceptors (Lipinski definition) is 4. The van der Waals surface area contributed by atoms with Gasteiger partial charge in [-0.25, -0.2) is 12.4 Å². The van der Waals surface area contributed by atoms with E-state index in [4.69, 9.17) is 4.74 Å². The molecule has 2 aromatic carbocycles. The largest absolute Gasteiger partial charge is 0.495 e. The topological polar surface area (TPSA) is 65.4 Å². The number of carbonyl (C=O) groups is 1. The zero-order chi connectivity index (χ0) is 16.6. The summed E-state index contributed by atoms with van der Waals surface area (Å²) in [6.45, 7) is 1.82. The van der Waals surface area contributed by atoms with Crippen molar-refractivity contribution < 1.29 is 17.9 Å². The Kier molecular flexibility index (Phi) is 3.69. The number of methoxy groups -OCH3 is 1. The van der Waals surface area contributed by atoms with Crippen LogP contribution in [-0.2, 0) is 10.0 Å². The van der Waals surface area contributed by atoms with E-state index < -0.39 is 10.0 Å². The molecule has 0 fully saturated rings. The van der Waals surface area contributed by atoms with Crippen molar-refractivity contribution in [3.63, 3.8) is 0 Å². The lowest BCUT2D eigenvalue weighted by Crippen LogP contribution is -2.13. The third kappa shape index (κ3) is 2.41. The van der Waals surface area contributed by atoms with Gasteiger partial charge in [0, 0.05) is 17.1 Å². The van der Waals surface area contributed by atoms with E-state index >= 15 is 0 Å². The first-order valence-electron chi connectivity index (χ1n) is 6.94. The molecule has 0 amide bonds. The van der Waals surface area contributed by atoms with E-state index in [2.05, 4.69) is 0 Å². The Bertz CT molecular complexity index is 1000. The molecule has 3 rings (SSSR count). The number of aldehydes is 1. The van der Waals surface area contributed by atoms with Crippen LogP contribution in [0, 0.1) is 6.92 Å². The lowest BCUT2D eigenvalue weighted by Gasteiger charge is -2.12. The van der Waals surface area contributed by atoms with E-state index in [1.165, 1.54) is 17.3 Å². The van der Waals surface area contributed by atoms with Gasteiger partial charge >= 0.3 is 0 Å². The molecule has 0 saturated heterocycles. The van der Waals surface area contributed by atoms with Crippen molar-refractivity contribution >= 4 is 27.2 Å². The minimum atomic E-state index is -3.84. The molecule has 0 unspecified atom stereocenters. The first-order valence-corrected chi connectivity index (χ1v) is 8.38. The minimum Gasteiger partial charge on any atom is -0.495 e. The van der Waals surface area contributed by atoms with Crippen LogP contribution in [0.25, 0.3) is 10.9 Å². The molecule has 0 saturated carbocycles. The third-order valence-corrected chi connectivity index (χ3v) is 5.42. The quantitative estimate of drug-likeness (QED) is 0.690. The molecule has 3 aromatic rings. The summed E-state index contributed by atoms with van der Waals surface area (Å²) >= 11 is 0. The van der Waals surface area contributed by atoms with Crippen LogP contribution in [0.1, 0.15) is 15.9 Å². The summed E-state index contributed by atoms with van der Waals surface area (Å²) in [6, 6.07) is 11.6. The maximum Gasteiger partial charge on any atom is 0.271 e. The van der Waals surface area contributed by atoms with E-state index in [0.717, 1.165) is 5.56 Å². The molecular weight excluding hydrogens is 314 g/mol. The number of ether oxygens (including phenoxy) is 1. The van der Waals surface area contributed by atoms with Crippen LogP contribution in [0.4, 0.5) is 0 Å². The van der Waals surface area contributed by atoms with Crippen molar-refractivity contribution in [3.05, 3.63) is 59.8 Å². The smallest absolute Gasteiger partial charge is 0.271 e. The van der Waals surface area contributed by atoms with Crippen LogP contribution >= 0.6 is 0 Å². The summed E-state index contributed by atoms with van der Waals surface area (Å²) in [7, 11) is -2.40. The van der Waals surface area contributed by atoms with E-state index in [-0.39, 0.29) is 10.6 Å².